The number of ether oxygens (including phenoxy) is 1. The molecule has 1 N–H and O–H groups in total. The molecule has 0 saturated carbocycles. The van der Waals surface area contributed by atoms with Crippen LogP contribution < -0.4 is 0 Å². The van der Waals surface area contributed by atoms with Crippen molar-refractivity contribution >= 4 is 12.4 Å². The van der Waals surface area contributed by atoms with Crippen LogP contribution in [0.5, 0.6) is 0 Å². The van der Waals surface area contributed by atoms with E-state index in [4.69, 9.17) is 5.11 Å². The first-order chi connectivity index (χ1) is 4.66. The topological polar surface area (TPSA) is 63.6 Å². The minimum atomic E-state index is -1.04. The molecule has 0 aliphatic rings. The van der Waals surface area contributed by atoms with E-state index >= 15 is 0 Å². The van der Waals surface area contributed by atoms with Gasteiger partial charge in [0.1, 0.15) is 6.61 Å². The number of hydrogen-bond acceptors (Lipinski definition) is 3. The number of rotatable bonds is 4. The zero-order chi connectivity index (χ0) is 7.98. The molecule has 0 aliphatic carbocycles. The van der Waals surface area contributed by atoms with Crippen LogP contribution in [0.25, 0.3) is 0 Å². The fourth-order valence-electron chi connectivity index (χ4n) is 0.418. The van der Waals surface area contributed by atoms with Crippen LogP contribution in [0.3, 0.4) is 0 Å². The third kappa shape index (κ3) is 4.83. The maximum Gasteiger partial charge on any atom is 0.328 e. The molecule has 56 valence electrons. The maximum absolute atomic E-state index is 9.95. The molecule has 0 spiro atoms. The average Bonchev–Trinajstić information content (AvgIpc) is 1.82. The van der Waals surface area contributed by atoms with Gasteiger partial charge in [-0.3, -0.25) is 4.79 Å². The van der Waals surface area contributed by atoms with Crippen molar-refractivity contribution in [1.29, 1.82) is 0 Å². The number of carbonyl (C=O) groups is 2. The lowest BCUT2D eigenvalue weighted by Gasteiger charge is -1.94. The Hall–Kier alpha value is -1.32. The molecule has 0 fully saturated rings. The van der Waals surface area contributed by atoms with Crippen molar-refractivity contribution in [1.82, 2.24) is 0 Å². The molecule has 0 amide bonds. The van der Waals surface area contributed by atoms with E-state index in [-0.39, 0.29) is 13.1 Å². The zero-order valence-corrected chi connectivity index (χ0v) is 5.53. The first-order valence-corrected chi connectivity index (χ1v) is 2.62. The molecule has 0 aromatic heterocycles. The van der Waals surface area contributed by atoms with E-state index in [1.165, 1.54) is 0 Å². The van der Waals surface area contributed by atoms with Crippen LogP contribution in [0.2, 0.25) is 0 Å². The summed E-state index contributed by atoms with van der Waals surface area (Å²) in [6.45, 7) is 1.88. The molecule has 0 saturated heterocycles. The standard InChI is InChI=1S/C6H8O4/c1-5(2-6(8)9)3-10-4-7/h2,4H,3H2,1H3,(H,8,9). The van der Waals surface area contributed by atoms with Crippen molar-refractivity contribution in [3.63, 3.8) is 0 Å². The summed E-state index contributed by atoms with van der Waals surface area (Å²) in [5, 5.41) is 8.16. The second kappa shape index (κ2) is 4.55. The van der Waals surface area contributed by atoms with Crippen LogP contribution in [0, 0.1) is 0 Å². The smallest absolute Gasteiger partial charge is 0.328 e. The van der Waals surface area contributed by atoms with E-state index in [2.05, 4.69) is 4.74 Å². The van der Waals surface area contributed by atoms with Crippen LogP contribution in [-0.2, 0) is 14.3 Å². The molecule has 0 aromatic carbocycles. The maximum atomic E-state index is 9.95. The summed E-state index contributed by atoms with van der Waals surface area (Å²) in [5.41, 5.74) is 0.500. The highest BCUT2D eigenvalue weighted by molar-refractivity contribution is 5.80. The van der Waals surface area contributed by atoms with Gasteiger partial charge in [-0.25, -0.2) is 4.79 Å². The molecule has 0 aromatic rings. The van der Waals surface area contributed by atoms with Crippen molar-refractivity contribution in [2.24, 2.45) is 0 Å². The highest BCUT2D eigenvalue weighted by Gasteiger charge is 1.92. The molecular weight excluding hydrogens is 136 g/mol. The molecule has 0 rings (SSSR count). The van der Waals surface area contributed by atoms with Crippen LogP contribution in [0.4, 0.5) is 0 Å². The Morgan fingerprint density at radius 1 is 1.70 bits per heavy atom. The van der Waals surface area contributed by atoms with E-state index in [0.717, 1.165) is 6.08 Å². The van der Waals surface area contributed by atoms with Crippen molar-refractivity contribution in [2.75, 3.05) is 6.61 Å². The van der Waals surface area contributed by atoms with Gasteiger partial charge in [0.05, 0.1) is 0 Å². The van der Waals surface area contributed by atoms with Crippen molar-refractivity contribution in [3.05, 3.63) is 11.6 Å². The highest BCUT2D eigenvalue weighted by atomic mass is 16.5. The summed E-state index contributed by atoms with van der Waals surface area (Å²) in [6, 6.07) is 0. The first kappa shape index (κ1) is 8.68. The van der Waals surface area contributed by atoms with Gasteiger partial charge in [0.15, 0.2) is 0 Å². The number of aliphatic carboxylic acids is 1. The highest BCUT2D eigenvalue weighted by Crippen LogP contribution is 1.90. The lowest BCUT2D eigenvalue weighted by molar-refractivity contribution is -0.132. The molecule has 0 unspecified atom stereocenters. The third-order valence-electron chi connectivity index (χ3n) is 0.749. The van der Waals surface area contributed by atoms with Crippen LogP contribution in [0.1, 0.15) is 6.92 Å². The van der Waals surface area contributed by atoms with E-state index in [0.29, 0.717) is 5.57 Å². The second-order valence-electron chi connectivity index (χ2n) is 1.74. The van der Waals surface area contributed by atoms with Gasteiger partial charge < -0.3 is 9.84 Å². The lowest BCUT2D eigenvalue weighted by Crippen LogP contribution is -1.96. The number of carboxylic acids is 1. The molecule has 0 aliphatic heterocycles. The van der Waals surface area contributed by atoms with E-state index in [1.54, 1.807) is 6.92 Å². The van der Waals surface area contributed by atoms with Crippen molar-refractivity contribution in [3.8, 4) is 0 Å². The van der Waals surface area contributed by atoms with Crippen LogP contribution >= 0.6 is 0 Å². The van der Waals surface area contributed by atoms with Gasteiger partial charge in [0, 0.05) is 6.08 Å². The van der Waals surface area contributed by atoms with Gasteiger partial charge in [-0.1, -0.05) is 0 Å². The summed E-state index contributed by atoms with van der Waals surface area (Å²) in [4.78, 5) is 19.6. The lowest BCUT2D eigenvalue weighted by atomic mass is 10.3. The molecule has 4 heteroatoms. The van der Waals surface area contributed by atoms with Crippen molar-refractivity contribution in [2.45, 2.75) is 6.92 Å². The SMILES string of the molecule is CC(=CC(=O)O)COC=O. The molecule has 10 heavy (non-hydrogen) atoms. The molecule has 0 atom stereocenters. The Kier molecular flexibility index (Phi) is 3.95. The Balaban J connectivity index is 3.70. The average molecular weight is 144 g/mol. The quantitative estimate of drug-likeness (QED) is 0.452. The van der Waals surface area contributed by atoms with Gasteiger partial charge in [-0.15, -0.1) is 0 Å². The third-order valence-corrected chi connectivity index (χ3v) is 0.749. The van der Waals surface area contributed by atoms with E-state index in [9.17, 15) is 9.59 Å². The fraction of sp³-hybridized carbons (Fsp3) is 0.333. The Labute approximate surface area is 58.1 Å². The summed E-state index contributed by atoms with van der Waals surface area (Å²) in [6.07, 6.45) is 0.990. The van der Waals surface area contributed by atoms with Crippen molar-refractivity contribution < 1.29 is 19.4 Å². The zero-order valence-electron chi connectivity index (χ0n) is 5.53. The number of carboxylic acid groups (broad SMARTS) is 1. The van der Waals surface area contributed by atoms with Crippen LogP contribution in [0.15, 0.2) is 11.6 Å². The fourth-order valence-corrected chi connectivity index (χ4v) is 0.418. The molecular formula is C6H8O4. The number of hydrogen-bond donors (Lipinski definition) is 1. The van der Waals surface area contributed by atoms with E-state index in [1.807, 2.05) is 0 Å². The summed E-state index contributed by atoms with van der Waals surface area (Å²) in [5.74, 6) is -1.04. The molecule has 0 heterocycles. The number of carbonyl (C=O) groups excluding carboxylic acids is 1. The van der Waals surface area contributed by atoms with Gasteiger partial charge in [0.2, 0.25) is 0 Å². The predicted molar refractivity (Wildman–Crippen MR) is 33.4 cm³/mol. The van der Waals surface area contributed by atoms with Gasteiger partial charge in [0.25, 0.3) is 6.47 Å². The first-order valence-electron chi connectivity index (χ1n) is 2.62. The normalized spacial score (nSPS) is 10.7. The Morgan fingerprint density at radius 2 is 2.30 bits per heavy atom. The predicted octanol–water partition coefficient (Wildman–Crippen LogP) is 0.190. The van der Waals surface area contributed by atoms with E-state index < -0.39 is 5.97 Å². The molecule has 4 nitrogen and oxygen atoms in total. The Morgan fingerprint density at radius 3 is 2.70 bits per heavy atom. The minimum absolute atomic E-state index is 0.0375. The Bertz CT molecular complexity index is 159. The summed E-state index contributed by atoms with van der Waals surface area (Å²) >= 11 is 0. The van der Waals surface area contributed by atoms with Gasteiger partial charge in [-0.2, -0.15) is 0 Å². The van der Waals surface area contributed by atoms with Gasteiger partial charge in [-0.05, 0) is 12.5 Å². The monoisotopic (exact) mass is 144 g/mol. The summed E-state index contributed by atoms with van der Waals surface area (Å²) in [7, 11) is 0. The largest absolute Gasteiger partial charge is 0.478 e. The molecule has 0 radical (unpaired) electrons. The second-order valence-corrected chi connectivity index (χ2v) is 1.74. The van der Waals surface area contributed by atoms with Gasteiger partial charge >= 0.3 is 5.97 Å². The minimum Gasteiger partial charge on any atom is -0.478 e. The summed E-state index contributed by atoms with van der Waals surface area (Å²) < 4.78 is 4.28. The van der Waals surface area contributed by atoms with Crippen LogP contribution in [-0.4, -0.2) is 24.2 Å². The molecule has 0 bridgehead atoms.